The molecule has 1 aliphatic rings. The Bertz CT molecular complexity index is 437. The Labute approximate surface area is 131 Å². The Balaban J connectivity index is 0.00000220. The number of morpholine rings is 1. The van der Waals surface area contributed by atoms with Crippen molar-refractivity contribution >= 4 is 18.3 Å². The Morgan fingerprint density at radius 1 is 1.48 bits per heavy atom. The van der Waals surface area contributed by atoms with E-state index in [9.17, 15) is 4.79 Å². The molecule has 118 valence electrons. The van der Waals surface area contributed by atoms with Crippen LogP contribution in [0, 0.1) is 0 Å². The third kappa shape index (κ3) is 6.44. The molecule has 1 unspecified atom stereocenters. The third-order valence-corrected chi connectivity index (χ3v) is 3.21. The number of ether oxygens (including phenoxy) is 2. The molecule has 0 spiro atoms. The van der Waals surface area contributed by atoms with E-state index in [0.717, 1.165) is 24.2 Å². The maximum absolute atomic E-state index is 11.9. The second-order valence-electron chi connectivity index (χ2n) is 4.93. The van der Waals surface area contributed by atoms with Crippen molar-refractivity contribution in [1.29, 1.82) is 0 Å². The summed E-state index contributed by atoms with van der Waals surface area (Å²) >= 11 is 0. The van der Waals surface area contributed by atoms with Crippen molar-refractivity contribution in [1.82, 2.24) is 10.6 Å². The summed E-state index contributed by atoms with van der Waals surface area (Å²) in [7, 11) is 1.67. The maximum Gasteiger partial charge on any atom is 0.222 e. The van der Waals surface area contributed by atoms with Gasteiger partial charge in [0, 0.05) is 26.7 Å². The van der Waals surface area contributed by atoms with Crippen LogP contribution in [0.25, 0.3) is 0 Å². The van der Waals surface area contributed by atoms with Crippen molar-refractivity contribution in [3.63, 3.8) is 0 Å². The van der Waals surface area contributed by atoms with Gasteiger partial charge in [0.15, 0.2) is 0 Å². The van der Waals surface area contributed by atoms with Gasteiger partial charge in [-0.15, -0.1) is 12.4 Å². The van der Waals surface area contributed by atoms with Gasteiger partial charge in [0.05, 0.1) is 25.7 Å². The summed E-state index contributed by atoms with van der Waals surface area (Å²) in [5.74, 6) is 0.0239. The molecule has 1 amide bonds. The van der Waals surface area contributed by atoms with Gasteiger partial charge < -0.3 is 20.1 Å². The van der Waals surface area contributed by atoms with Gasteiger partial charge in [0.1, 0.15) is 0 Å². The van der Waals surface area contributed by atoms with Gasteiger partial charge in [-0.25, -0.2) is 0 Å². The Morgan fingerprint density at radius 3 is 3.00 bits per heavy atom. The first kappa shape index (κ1) is 17.9. The van der Waals surface area contributed by atoms with Crippen LogP contribution in [-0.4, -0.2) is 38.8 Å². The highest BCUT2D eigenvalue weighted by atomic mass is 35.5. The van der Waals surface area contributed by atoms with E-state index in [1.165, 1.54) is 0 Å². The van der Waals surface area contributed by atoms with Crippen molar-refractivity contribution in [2.75, 3.05) is 26.8 Å². The van der Waals surface area contributed by atoms with Crippen molar-refractivity contribution in [2.24, 2.45) is 0 Å². The predicted molar refractivity (Wildman–Crippen MR) is 83.5 cm³/mol. The van der Waals surface area contributed by atoms with Gasteiger partial charge in [0.2, 0.25) is 5.91 Å². The number of rotatable bonds is 6. The Morgan fingerprint density at radius 2 is 2.29 bits per heavy atom. The van der Waals surface area contributed by atoms with E-state index in [-0.39, 0.29) is 24.4 Å². The van der Waals surface area contributed by atoms with E-state index >= 15 is 0 Å². The molecule has 2 rings (SSSR count). The summed E-state index contributed by atoms with van der Waals surface area (Å²) in [5.41, 5.74) is 2.19. The number of benzene rings is 1. The lowest BCUT2D eigenvalue weighted by Gasteiger charge is -2.23. The predicted octanol–water partition coefficient (Wildman–Crippen LogP) is 1.25. The molecule has 1 fully saturated rings. The van der Waals surface area contributed by atoms with Gasteiger partial charge in [-0.3, -0.25) is 4.79 Å². The summed E-state index contributed by atoms with van der Waals surface area (Å²) in [6, 6.07) is 8.03. The molecular weight excluding hydrogens is 292 g/mol. The van der Waals surface area contributed by atoms with Crippen LogP contribution in [0.1, 0.15) is 17.5 Å². The Kier molecular flexibility index (Phi) is 8.30. The summed E-state index contributed by atoms with van der Waals surface area (Å²) in [6.07, 6.45) is 0.397. The van der Waals surface area contributed by atoms with Crippen LogP contribution in [-0.2, 0) is 27.4 Å². The molecule has 0 aliphatic carbocycles. The highest BCUT2D eigenvalue weighted by Crippen LogP contribution is 2.07. The van der Waals surface area contributed by atoms with Gasteiger partial charge in [0.25, 0.3) is 0 Å². The van der Waals surface area contributed by atoms with Crippen molar-refractivity contribution in [2.45, 2.75) is 25.7 Å². The lowest BCUT2D eigenvalue weighted by Crippen LogP contribution is -2.41. The molecule has 0 aromatic heterocycles. The number of hydrogen-bond acceptors (Lipinski definition) is 4. The zero-order valence-electron chi connectivity index (χ0n) is 12.3. The molecule has 2 N–H and O–H groups in total. The van der Waals surface area contributed by atoms with E-state index in [0.29, 0.717) is 26.2 Å². The van der Waals surface area contributed by atoms with Gasteiger partial charge in [-0.2, -0.15) is 0 Å². The van der Waals surface area contributed by atoms with Crippen LogP contribution < -0.4 is 10.6 Å². The van der Waals surface area contributed by atoms with Gasteiger partial charge in [-0.05, 0) is 11.1 Å². The van der Waals surface area contributed by atoms with E-state index in [4.69, 9.17) is 9.47 Å². The fourth-order valence-corrected chi connectivity index (χ4v) is 2.23. The molecular formula is C15H23ClN2O3. The number of nitrogens with one attached hydrogen (secondary N) is 2. The first-order valence-corrected chi connectivity index (χ1v) is 6.93. The van der Waals surface area contributed by atoms with Crippen LogP contribution in [0.2, 0.25) is 0 Å². The molecule has 0 saturated carbocycles. The van der Waals surface area contributed by atoms with Crippen LogP contribution in [0.4, 0.5) is 0 Å². The second-order valence-corrected chi connectivity index (χ2v) is 4.93. The number of halogens is 1. The van der Waals surface area contributed by atoms with E-state index in [1.54, 1.807) is 7.11 Å². The summed E-state index contributed by atoms with van der Waals surface area (Å²) in [6.45, 7) is 3.41. The quantitative estimate of drug-likeness (QED) is 0.829. The zero-order chi connectivity index (χ0) is 14.2. The number of carbonyl (C=O) groups excluding carboxylic acids is 1. The lowest BCUT2D eigenvalue weighted by atomic mass is 10.1. The third-order valence-electron chi connectivity index (χ3n) is 3.21. The van der Waals surface area contributed by atoms with E-state index < -0.39 is 0 Å². The lowest BCUT2D eigenvalue weighted by molar-refractivity contribution is -0.124. The van der Waals surface area contributed by atoms with E-state index in [1.807, 2.05) is 24.3 Å². The van der Waals surface area contributed by atoms with Crippen molar-refractivity contribution in [3.05, 3.63) is 35.4 Å². The minimum absolute atomic E-state index is 0. The molecule has 1 saturated heterocycles. The van der Waals surface area contributed by atoms with Gasteiger partial charge >= 0.3 is 0 Å². The molecule has 1 aromatic rings. The highest BCUT2D eigenvalue weighted by Gasteiger charge is 2.16. The number of hydrogen-bond donors (Lipinski definition) is 2. The average molecular weight is 315 g/mol. The molecule has 21 heavy (non-hydrogen) atoms. The van der Waals surface area contributed by atoms with E-state index in [2.05, 4.69) is 10.6 Å². The monoisotopic (exact) mass is 314 g/mol. The summed E-state index contributed by atoms with van der Waals surface area (Å²) in [4.78, 5) is 11.9. The number of methoxy groups -OCH3 is 1. The molecule has 1 aliphatic heterocycles. The fourth-order valence-electron chi connectivity index (χ4n) is 2.23. The van der Waals surface area contributed by atoms with Gasteiger partial charge in [-0.1, -0.05) is 24.3 Å². The molecule has 6 heteroatoms. The molecule has 0 bridgehead atoms. The standard InChI is InChI=1S/C15H22N2O3.ClH/c1-19-11-13-4-2-3-12(7-13)9-17-15(18)8-14-10-16-5-6-20-14;/h2-4,7,14,16H,5-6,8-11H2,1H3,(H,17,18);1H. The Hall–Kier alpha value is -1.14. The molecule has 0 radical (unpaired) electrons. The largest absolute Gasteiger partial charge is 0.380 e. The topological polar surface area (TPSA) is 59.6 Å². The minimum atomic E-state index is -0.0106. The normalized spacial score (nSPS) is 17.9. The number of carbonyl (C=O) groups is 1. The van der Waals surface area contributed by atoms with Crippen molar-refractivity contribution in [3.8, 4) is 0 Å². The maximum atomic E-state index is 11.9. The smallest absolute Gasteiger partial charge is 0.222 e. The molecule has 1 aromatic carbocycles. The number of amides is 1. The van der Waals surface area contributed by atoms with Crippen LogP contribution in [0.3, 0.4) is 0 Å². The molecule has 5 nitrogen and oxygen atoms in total. The summed E-state index contributed by atoms with van der Waals surface area (Å²) in [5, 5.41) is 6.14. The van der Waals surface area contributed by atoms with Crippen LogP contribution in [0.15, 0.2) is 24.3 Å². The summed E-state index contributed by atoms with van der Waals surface area (Å²) < 4.78 is 10.6. The second kappa shape index (κ2) is 9.73. The zero-order valence-corrected chi connectivity index (χ0v) is 13.1. The first-order chi connectivity index (χ1) is 9.78. The van der Waals surface area contributed by atoms with Crippen LogP contribution in [0.5, 0.6) is 0 Å². The molecule has 1 atom stereocenters. The first-order valence-electron chi connectivity index (χ1n) is 6.93. The van der Waals surface area contributed by atoms with Crippen molar-refractivity contribution < 1.29 is 14.3 Å². The SMILES string of the molecule is COCc1cccc(CNC(=O)CC2CNCCO2)c1.Cl. The highest BCUT2D eigenvalue weighted by molar-refractivity contribution is 5.85. The average Bonchev–Trinajstić information content (AvgIpc) is 2.47. The molecule has 1 heterocycles. The minimum Gasteiger partial charge on any atom is -0.380 e. The van der Waals surface area contributed by atoms with Crippen LogP contribution >= 0.6 is 12.4 Å². The fraction of sp³-hybridized carbons (Fsp3) is 0.533.